The molecule has 1 rings (SSSR count). The Morgan fingerprint density at radius 2 is 1.75 bits per heavy atom. The minimum atomic E-state index is 0.127. The normalized spacial score (nSPS) is 11.9. The van der Waals surface area contributed by atoms with Crippen molar-refractivity contribution in [3.63, 3.8) is 0 Å². The molecule has 20 heavy (non-hydrogen) atoms. The molecule has 0 atom stereocenters. The van der Waals surface area contributed by atoms with Gasteiger partial charge in [0.15, 0.2) is 0 Å². The van der Waals surface area contributed by atoms with E-state index in [0.717, 1.165) is 38.4 Å². The number of hydrogen-bond acceptors (Lipinski definition) is 2. The number of benzene rings is 1. The van der Waals surface area contributed by atoms with Crippen molar-refractivity contribution >= 4 is 0 Å². The number of aryl methyl sites for hydroxylation is 1. The quantitative estimate of drug-likeness (QED) is 0.685. The molecular formula is C18H31NO. The number of ether oxygens (including phenoxy) is 1. The SMILES string of the molecule is CCN(CC)CCCOc1cc(C)ccc1C(C)(C)C. The summed E-state index contributed by atoms with van der Waals surface area (Å²) in [4.78, 5) is 2.43. The van der Waals surface area contributed by atoms with Crippen LogP contribution in [0.3, 0.4) is 0 Å². The minimum Gasteiger partial charge on any atom is -0.493 e. The Kier molecular flexibility index (Phi) is 6.54. The van der Waals surface area contributed by atoms with Gasteiger partial charge in [0.2, 0.25) is 0 Å². The lowest BCUT2D eigenvalue weighted by molar-refractivity contribution is 0.246. The van der Waals surface area contributed by atoms with Crippen molar-refractivity contribution < 1.29 is 4.74 Å². The predicted octanol–water partition coefficient (Wildman–Crippen LogP) is 4.40. The highest BCUT2D eigenvalue weighted by Gasteiger charge is 2.18. The van der Waals surface area contributed by atoms with E-state index in [4.69, 9.17) is 4.74 Å². The average molecular weight is 277 g/mol. The Bertz CT molecular complexity index is 402. The van der Waals surface area contributed by atoms with Crippen molar-refractivity contribution in [1.82, 2.24) is 4.90 Å². The van der Waals surface area contributed by atoms with E-state index in [1.165, 1.54) is 11.1 Å². The molecule has 2 nitrogen and oxygen atoms in total. The summed E-state index contributed by atoms with van der Waals surface area (Å²) in [5.74, 6) is 1.05. The zero-order valence-electron chi connectivity index (χ0n) is 14.1. The van der Waals surface area contributed by atoms with Crippen molar-refractivity contribution in [2.45, 2.75) is 53.4 Å². The van der Waals surface area contributed by atoms with Crippen molar-refractivity contribution in [2.24, 2.45) is 0 Å². The summed E-state index contributed by atoms with van der Waals surface area (Å²) >= 11 is 0. The molecule has 0 amide bonds. The summed E-state index contributed by atoms with van der Waals surface area (Å²) in [7, 11) is 0. The molecule has 0 heterocycles. The topological polar surface area (TPSA) is 12.5 Å². The van der Waals surface area contributed by atoms with Gasteiger partial charge in [-0.1, -0.05) is 46.8 Å². The summed E-state index contributed by atoms with van der Waals surface area (Å²) in [6, 6.07) is 6.54. The second-order valence-corrected chi connectivity index (χ2v) is 6.48. The van der Waals surface area contributed by atoms with Crippen LogP contribution in [0.4, 0.5) is 0 Å². The molecule has 1 aromatic carbocycles. The lowest BCUT2D eigenvalue weighted by atomic mass is 9.86. The van der Waals surface area contributed by atoms with Crippen molar-refractivity contribution in [3.8, 4) is 5.75 Å². The Morgan fingerprint density at radius 1 is 1.10 bits per heavy atom. The molecule has 0 N–H and O–H groups in total. The van der Waals surface area contributed by atoms with Crippen molar-refractivity contribution in [2.75, 3.05) is 26.2 Å². The molecule has 0 aliphatic carbocycles. The first kappa shape index (κ1) is 17.0. The van der Waals surface area contributed by atoms with Crippen LogP contribution in [0.5, 0.6) is 5.75 Å². The maximum Gasteiger partial charge on any atom is 0.123 e. The fourth-order valence-electron chi connectivity index (χ4n) is 2.38. The largest absolute Gasteiger partial charge is 0.493 e. The van der Waals surface area contributed by atoms with E-state index in [9.17, 15) is 0 Å². The van der Waals surface area contributed by atoms with Crippen LogP contribution in [0.1, 0.15) is 52.2 Å². The third-order valence-electron chi connectivity index (χ3n) is 3.72. The van der Waals surface area contributed by atoms with E-state index in [2.05, 4.69) is 64.6 Å². The Labute approximate surface area is 125 Å². The van der Waals surface area contributed by atoms with Crippen LogP contribution >= 0.6 is 0 Å². The molecular weight excluding hydrogens is 246 g/mol. The first-order chi connectivity index (χ1) is 9.38. The van der Waals surface area contributed by atoms with Gasteiger partial charge in [-0.2, -0.15) is 0 Å². The zero-order valence-corrected chi connectivity index (χ0v) is 14.1. The minimum absolute atomic E-state index is 0.127. The summed E-state index contributed by atoms with van der Waals surface area (Å²) < 4.78 is 6.06. The van der Waals surface area contributed by atoms with E-state index in [0.29, 0.717) is 0 Å². The van der Waals surface area contributed by atoms with Gasteiger partial charge in [-0.05, 0) is 49.0 Å². The third-order valence-corrected chi connectivity index (χ3v) is 3.72. The standard InChI is InChI=1S/C18H31NO/c1-7-19(8-2)12-9-13-20-17-14-15(3)10-11-16(17)18(4,5)6/h10-11,14H,7-9,12-13H2,1-6H3. The molecule has 0 aromatic heterocycles. The Hall–Kier alpha value is -1.02. The van der Waals surface area contributed by atoms with Gasteiger partial charge in [0.25, 0.3) is 0 Å². The van der Waals surface area contributed by atoms with Gasteiger partial charge in [-0.3, -0.25) is 0 Å². The maximum absolute atomic E-state index is 6.06. The van der Waals surface area contributed by atoms with Gasteiger partial charge in [-0.25, -0.2) is 0 Å². The molecule has 0 aliphatic heterocycles. The molecule has 2 heteroatoms. The molecule has 0 saturated heterocycles. The van der Waals surface area contributed by atoms with E-state index in [1.807, 2.05) is 0 Å². The number of hydrogen-bond donors (Lipinski definition) is 0. The average Bonchev–Trinajstić information content (AvgIpc) is 2.37. The van der Waals surface area contributed by atoms with E-state index in [-0.39, 0.29) is 5.41 Å². The predicted molar refractivity (Wildman–Crippen MR) is 87.8 cm³/mol. The zero-order chi connectivity index (χ0) is 15.2. The molecule has 0 saturated carbocycles. The van der Waals surface area contributed by atoms with Gasteiger partial charge in [0, 0.05) is 6.54 Å². The van der Waals surface area contributed by atoms with Gasteiger partial charge < -0.3 is 9.64 Å². The molecule has 0 radical (unpaired) electrons. The molecule has 114 valence electrons. The van der Waals surface area contributed by atoms with Gasteiger partial charge in [0.05, 0.1) is 6.61 Å². The van der Waals surface area contributed by atoms with Crippen LogP contribution in [0, 0.1) is 6.92 Å². The van der Waals surface area contributed by atoms with Gasteiger partial charge >= 0.3 is 0 Å². The van der Waals surface area contributed by atoms with E-state index in [1.54, 1.807) is 0 Å². The molecule has 0 spiro atoms. The molecule has 0 aliphatic rings. The summed E-state index contributed by atoms with van der Waals surface area (Å²) in [6.45, 7) is 17.4. The molecule has 0 fully saturated rings. The van der Waals surface area contributed by atoms with Crippen LogP contribution in [-0.2, 0) is 5.41 Å². The third kappa shape index (κ3) is 5.16. The van der Waals surface area contributed by atoms with E-state index >= 15 is 0 Å². The van der Waals surface area contributed by atoms with Crippen LogP contribution in [-0.4, -0.2) is 31.1 Å². The second-order valence-electron chi connectivity index (χ2n) is 6.48. The number of rotatable bonds is 7. The lowest BCUT2D eigenvalue weighted by Gasteiger charge is -2.24. The van der Waals surface area contributed by atoms with Crippen LogP contribution in [0.25, 0.3) is 0 Å². The van der Waals surface area contributed by atoms with Gasteiger partial charge in [0.1, 0.15) is 5.75 Å². The smallest absolute Gasteiger partial charge is 0.123 e. The van der Waals surface area contributed by atoms with Crippen LogP contribution in [0.2, 0.25) is 0 Å². The fourth-order valence-corrected chi connectivity index (χ4v) is 2.38. The van der Waals surface area contributed by atoms with Crippen LogP contribution in [0.15, 0.2) is 18.2 Å². The second kappa shape index (κ2) is 7.68. The fraction of sp³-hybridized carbons (Fsp3) is 0.667. The maximum atomic E-state index is 6.06. The summed E-state index contributed by atoms with van der Waals surface area (Å²) in [5, 5.41) is 0. The molecule has 1 aromatic rings. The summed E-state index contributed by atoms with van der Waals surface area (Å²) in [6.07, 6.45) is 1.08. The lowest BCUT2D eigenvalue weighted by Crippen LogP contribution is -2.25. The highest BCUT2D eigenvalue weighted by atomic mass is 16.5. The highest BCUT2D eigenvalue weighted by molar-refractivity contribution is 5.41. The van der Waals surface area contributed by atoms with Crippen molar-refractivity contribution in [3.05, 3.63) is 29.3 Å². The van der Waals surface area contributed by atoms with Crippen molar-refractivity contribution in [1.29, 1.82) is 0 Å². The Morgan fingerprint density at radius 3 is 2.30 bits per heavy atom. The molecule has 0 unspecified atom stereocenters. The van der Waals surface area contributed by atoms with Gasteiger partial charge in [-0.15, -0.1) is 0 Å². The first-order valence-electron chi connectivity index (χ1n) is 7.84. The molecule has 0 bridgehead atoms. The monoisotopic (exact) mass is 277 g/mol. The number of nitrogens with zero attached hydrogens (tertiary/aromatic N) is 1. The Balaban J connectivity index is 2.61. The van der Waals surface area contributed by atoms with Crippen LogP contribution < -0.4 is 4.74 Å². The highest BCUT2D eigenvalue weighted by Crippen LogP contribution is 2.32. The van der Waals surface area contributed by atoms with E-state index < -0.39 is 0 Å². The first-order valence-corrected chi connectivity index (χ1v) is 7.84. The summed E-state index contributed by atoms with van der Waals surface area (Å²) in [5.41, 5.74) is 2.68.